The van der Waals surface area contributed by atoms with E-state index >= 15 is 0 Å². The summed E-state index contributed by atoms with van der Waals surface area (Å²) >= 11 is 0.272. The summed E-state index contributed by atoms with van der Waals surface area (Å²) in [6.45, 7) is 5.04. The molecule has 17 heteroatoms. The molecule has 2 atom stereocenters. The molecule has 2 aliphatic heterocycles. The number of hydrogen-bond donors (Lipinski definition) is 2. The average Bonchev–Trinajstić information content (AvgIpc) is 3.63. The molecule has 2 saturated heterocycles. The van der Waals surface area contributed by atoms with Crippen LogP contribution in [0.2, 0.25) is 0 Å². The number of ether oxygens (including phenoxy) is 2. The Morgan fingerprint density at radius 1 is 0.946 bits per heavy atom. The summed E-state index contributed by atoms with van der Waals surface area (Å²) in [4.78, 5) is 45.8. The summed E-state index contributed by atoms with van der Waals surface area (Å²) in [6, 6.07) is 9.32. The molecule has 0 bridgehead atoms. The van der Waals surface area contributed by atoms with E-state index in [1.54, 1.807) is 45.0 Å². The van der Waals surface area contributed by atoms with Crippen molar-refractivity contribution in [3.8, 4) is 10.8 Å². The first kappa shape index (κ1) is 42.8. The van der Waals surface area contributed by atoms with Gasteiger partial charge in [0.1, 0.15) is 16.3 Å². The number of carboxylic acids is 1. The lowest BCUT2D eigenvalue weighted by Crippen LogP contribution is -2.68. The van der Waals surface area contributed by atoms with Crippen molar-refractivity contribution in [3.05, 3.63) is 76.4 Å². The number of amides is 2. The van der Waals surface area contributed by atoms with Gasteiger partial charge in [0.25, 0.3) is 11.8 Å². The third-order valence-corrected chi connectivity index (χ3v) is 11.6. The molecular weight excluding hydrogens is 768 g/mol. The van der Waals surface area contributed by atoms with Crippen LogP contribution in [0.5, 0.6) is 10.8 Å². The van der Waals surface area contributed by atoms with Crippen LogP contribution in [0.3, 0.4) is 0 Å². The molecule has 10 nitrogen and oxygen atoms in total. The number of para-hydroxylation sites is 1. The van der Waals surface area contributed by atoms with Gasteiger partial charge in [-0.3, -0.25) is 19.4 Å². The van der Waals surface area contributed by atoms with E-state index in [-0.39, 0.29) is 74.7 Å². The van der Waals surface area contributed by atoms with Gasteiger partial charge in [0.05, 0.1) is 29.2 Å². The molecule has 4 heterocycles. The maximum Gasteiger partial charge on any atom is 0.425 e. The van der Waals surface area contributed by atoms with Gasteiger partial charge in [-0.25, -0.2) is 0 Å². The first-order chi connectivity index (χ1) is 26.2. The van der Waals surface area contributed by atoms with Gasteiger partial charge in [-0.05, 0) is 82.7 Å². The zero-order chi connectivity index (χ0) is 41.1. The van der Waals surface area contributed by atoms with E-state index in [0.29, 0.717) is 30.6 Å². The molecule has 0 unspecified atom stereocenters. The molecule has 2 N–H and O–H groups in total. The molecule has 2 aromatic heterocycles. The summed E-state index contributed by atoms with van der Waals surface area (Å²) in [5, 5.41) is 21.1. The lowest BCUT2D eigenvalue weighted by atomic mass is 9.78. The average molecular weight is 814 g/mol. The van der Waals surface area contributed by atoms with Gasteiger partial charge in [0, 0.05) is 37.8 Å². The largest absolute Gasteiger partial charge is 0.493 e. The molecule has 3 aromatic rings. The number of piperidine rings is 2. The molecule has 5 rings (SSSR count). The highest BCUT2D eigenvalue weighted by Gasteiger charge is 2.57. The maximum atomic E-state index is 14.9. The SMILES string of the molecule is CCC[C@H]1N(C(=O)c2ncccc2C(F)(F)F)CCC[C@@]1(Oc1ccc(C(F)(F)F)s1)C(=O)N1CCC(O)(c2ccccc2OCCCC(C)(C)C(=O)O)CC1. The van der Waals surface area contributed by atoms with Crippen molar-refractivity contribution in [1.29, 1.82) is 0 Å². The van der Waals surface area contributed by atoms with Crippen LogP contribution in [-0.4, -0.2) is 80.7 Å². The number of aromatic nitrogens is 1. The standard InChI is InChI=1S/C39H45F6N3O7S/c1-4-10-28-37(55-30-15-14-29(56-30)39(43,44)45,17-8-21-48(28)32(49)31-26(38(40,41)42)12-7-20-46-31)33(50)47-22-18-36(53,19-23-47)25-11-5-6-13-27(25)54-24-9-16-35(2,3)34(51)52/h5-7,11-15,20,28,53H,4,8-10,16-19,21-24H2,1-3H3,(H,51,52)/t28-,37+/m1/s1. The number of aliphatic carboxylic acids is 1. The summed E-state index contributed by atoms with van der Waals surface area (Å²) in [7, 11) is 0. The number of rotatable bonds is 13. The highest BCUT2D eigenvalue weighted by molar-refractivity contribution is 7.13. The number of carbonyl (C=O) groups excluding carboxylic acids is 2. The topological polar surface area (TPSA) is 130 Å². The van der Waals surface area contributed by atoms with Crippen LogP contribution in [0, 0.1) is 5.41 Å². The maximum absolute atomic E-state index is 14.9. The monoisotopic (exact) mass is 813 g/mol. The number of likely N-dealkylation sites (tertiary alicyclic amines) is 2. The predicted molar refractivity (Wildman–Crippen MR) is 193 cm³/mol. The summed E-state index contributed by atoms with van der Waals surface area (Å²) in [5.41, 5.74) is -6.08. The van der Waals surface area contributed by atoms with E-state index in [2.05, 4.69) is 4.98 Å². The fraction of sp³-hybridized carbons (Fsp3) is 0.538. The van der Waals surface area contributed by atoms with E-state index in [0.717, 1.165) is 35.4 Å². The number of benzene rings is 1. The van der Waals surface area contributed by atoms with Gasteiger partial charge in [0.2, 0.25) is 5.60 Å². The van der Waals surface area contributed by atoms with Gasteiger partial charge < -0.3 is 29.5 Å². The number of carboxylic acid groups (broad SMARTS) is 1. The number of carbonyl (C=O) groups is 3. The Balaban J connectivity index is 1.44. The van der Waals surface area contributed by atoms with Crippen molar-refractivity contribution in [1.82, 2.24) is 14.8 Å². The van der Waals surface area contributed by atoms with Crippen LogP contribution in [0.25, 0.3) is 0 Å². The fourth-order valence-corrected chi connectivity index (χ4v) is 8.24. The number of alkyl halides is 6. The number of pyridine rings is 1. The van der Waals surface area contributed by atoms with E-state index in [9.17, 15) is 50.9 Å². The van der Waals surface area contributed by atoms with E-state index in [1.807, 2.05) is 0 Å². The second-order valence-corrected chi connectivity index (χ2v) is 15.9. The van der Waals surface area contributed by atoms with Crippen molar-refractivity contribution in [3.63, 3.8) is 0 Å². The smallest absolute Gasteiger partial charge is 0.425 e. The Morgan fingerprint density at radius 2 is 1.64 bits per heavy atom. The number of thiophene rings is 1. The summed E-state index contributed by atoms with van der Waals surface area (Å²) in [6.07, 6.45) is -7.33. The first-order valence-electron chi connectivity index (χ1n) is 18.4. The molecule has 0 radical (unpaired) electrons. The molecule has 0 spiro atoms. The van der Waals surface area contributed by atoms with E-state index < -0.39 is 68.9 Å². The third-order valence-electron chi connectivity index (χ3n) is 10.6. The van der Waals surface area contributed by atoms with Crippen LogP contribution >= 0.6 is 11.3 Å². The lowest BCUT2D eigenvalue weighted by molar-refractivity contribution is -0.163. The number of nitrogens with zero attached hydrogens (tertiary/aromatic N) is 3. The first-order valence-corrected chi connectivity index (χ1v) is 19.2. The van der Waals surface area contributed by atoms with Crippen LogP contribution in [0.1, 0.15) is 98.6 Å². The highest BCUT2D eigenvalue weighted by Crippen LogP contribution is 2.45. The normalized spacial score (nSPS) is 20.4. The van der Waals surface area contributed by atoms with Crippen molar-refractivity contribution in [2.24, 2.45) is 5.41 Å². The lowest BCUT2D eigenvalue weighted by Gasteiger charge is -2.51. The molecule has 1 aromatic carbocycles. The number of halogens is 6. The Labute approximate surface area is 324 Å². The van der Waals surface area contributed by atoms with Gasteiger partial charge in [-0.2, -0.15) is 26.3 Å². The second-order valence-electron chi connectivity index (χ2n) is 14.9. The molecule has 2 amide bonds. The number of aliphatic hydroxyl groups is 1. The second kappa shape index (κ2) is 16.6. The Bertz CT molecular complexity index is 1880. The van der Waals surface area contributed by atoms with Crippen molar-refractivity contribution < 1.29 is 60.4 Å². The van der Waals surface area contributed by atoms with Gasteiger partial charge in [-0.1, -0.05) is 42.9 Å². The summed E-state index contributed by atoms with van der Waals surface area (Å²) in [5.74, 6) is -2.30. The third kappa shape index (κ3) is 9.09. The fourth-order valence-electron chi connectivity index (χ4n) is 7.45. The predicted octanol–water partition coefficient (Wildman–Crippen LogP) is 8.18. The summed E-state index contributed by atoms with van der Waals surface area (Å²) < 4.78 is 95.6. The molecule has 2 fully saturated rings. The molecular formula is C39H45F6N3O7S. The Hall–Kier alpha value is -4.38. The quantitative estimate of drug-likeness (QED) is 0.131. The highest BCUT2D eigenvalue weighted by atomic mass is 32.1. The van der Waals surface area contributed by atoms with Gasteiger partial charge >= 0.3 is 18.3 Å². The minimum absolute atomic E-state index is 0.0163. The Kier molecular flexibility index (Phi) is 12.7. The molecule has 0 aliphatic carbocycles. The zero-order valence-electron chi connectivity index (χ0n) is 31.2. The minimum atomic E-state index is -4.92. The minimum Gasteiger partial charge on any atom is -0.493 e. The molecule has 2 aliphatic rings. The molecule has 56 heavy (non-hydrogen) atoms. The van der Waals surface area contributed by atoms with Crippen molar-refractivity contribution >= 4 is 29.1 Å². The molecule has 306 valence electrons. The van der Waals surface area contributed by atoms with Crippen LogP contribution in [-0.2, 0) is 27.5 Å². The number of hydrogen-bond acceptors (Lipinski definition) is 8. The van der Waals surface area contributed by atoms with E-state index in [1.165, 1.54) is 4.90 Å². The zero-order valence-corrected chi connectivity index (χ0v) is 32.0. The van der Waals surface area contributed by atoms with E-state index in [4.69, 9.17) is 9.47 Å². The Morgan fingerprint density at radius 3 is 2.27 bits per heavy atom. The van der Waals surface area contributed by atoms with Crippen LogP contribution in [0.4, 0.5) is 26.3 Å². The van der Waals surface area contributed by atoms with Crippen LogP contribution < -0.4 is 9.47 Å². The van der Waals surface area contributed by atoms with Gasteiger partial charge in [-0.15, -0.1) is 0 Å². The van der Waals surface area contributed by atoms with Crippen molar-refractivity contribution in [2.45, 2.75) is 102 Å². The van der Waals surface area contributed by atoms with Crippen LogP contribution in [0.15, 0.2) is 54.7 Å². The van der Waals surface area contributed by atoms with Crippen molar-refractivity contribution in [2.75, 3.05) is 26.2 Å². The van der Waals surface area contributed by atoms with Gasteiger partial charge in [0.15, 0.2) is 5.06 Å². The molecule has 0 saturated carbocycles.